The van der Waals surface area contributed by atoms with E-state index in [1.165, 1.54) is 0 Å². The molecule has 5 nitrogen and oxygen atoms in total. The van der Waals surface area contributed by atoms with Crippen LogP contribution in [0.3, 0.4) is 0 Å². The molecule has 1 rings (SSSR count). The van der Waals surface area contributed by atoms with Gasteiger partial charge < -0.3 is 16.3 Å². The molecule has 0 aliphatic carbocycles. The van der Waals surface area contributed by atoms with Gasteiger partial charge in [-0.3, -0.25) is 4.79 Å². The largest absolute Gasteiger partial charge is 0.409 e. The first kappa shape index (κ1) is 14.2. The zero-order chi connectivity index (χ0) is 13.0. The molecule has 0 bridgehead atoms. The lowest BCUT2D eigenvalue weighted by Gasteiger charge is -2.13. The van der Waals surface area contributed by atoms with Crippen molar-refractivity contribution in [3.8, 4) is 0 Å². The van der Waals surface area contributed by atoms with Crippen LogP contribution in [-0.4, -0.2) is 23.0 Å². The summed E-state index contributed by atoms with van der Waals surface area (Å²) >= 11 is 5.37. The van der Waals surface area contributed by atoms with E-state index in [9.17, 15) is 4.79 Å². The van der Waals surface area contributed by atoms with Crippen LogP contribution in [0.2, 0.25) is 0 Å². The van der Waals surface area contributed by atoms with E-state index in [1.54, 1.807) is 13.0 Å². The van der Waals surface area contributed by atoms with Crippen LogP contribution in [-0.2, 0) is 0 Å². The van der Waals surface area contributed by atoms with Gasteiger partial charge in [0.25, 0.3) is 5.91 Å². The van der Waals surface area contributed by atoms with Gasteiger partial charge in [0.1, 0.15) is 0 Å². The van der Waals surface area contributed by atoms with Crippen molar-refractivity contribution in [1.29, 1.82) is 0 Å². The molecule has 1 atom stereocenters. The van der Waals surface area contributed by atoms with Crippen molar-refractivity contribution in [3.63, 3.8) is 0 Å². The summed E-state index contributed by atoms with van der Waals surface area (Å²) in [7, 11) is 0. The van der Waals surface area contributed by atoms with E-state index >= 15 is 0 Å². The fourth-order valence-corrected chi connectivity index (χ4v) is 2.05. The third-order valence-electron chi connectivity index (χ3n) is 2.08. The Morgan fingerprint density at radius 3 is 2.88 bits per heavy atom. The number of benzene rings is 1. The molecule has 0 fully saturated rings. The molecule has 0 aliphatic rings. The minimum absolute atomic E-state index is 0.0386. The van der Waals surface area contributed by atoms with E-state index < -0.39 is 6.04 Å². The number of rotatable bonds is 3. The van der Waals surface area contributed by atoms with Gasteiger partial charge in [-0.2, -0.15) is 0 Å². The van der Waals surface area contributed by atoms with Gasteiger partial charge in [-0.05, 0) is 47.7 Å². The average molecular weight is 412 g/mol. The summed E-state index contributed by atoms with van der Waals surface area (Å²) in [4.78, 5) is 11.9. The molecule has 1 unspecified atom stereocenters. The van der Waals surface area contributed by atoms with Crippen molar-refractivity contribution in [2.45, 2.75) is 13.0 Å². The lowest BCUT2D eigenvalue weighted by Crippen LogP contribution is -2.42. The SMILES string of the molecule is CC(NC(=O)c1cc(Br)ccc1I)/C(N)=N/O. The summed E-state index contributed by atoms with van der Waals surface area (Å²) in [6.45, 7) is 1.64. The van der Waals surface area contributed by atoms with Crippen LogP contribution < -0.4 is 11.1 Å². The van der Waals surface area contributed by atoms with Gasteiger partial charge in [-0.25, -0.2) is 0 Å². The molecule has 1 aromatic rings. The molecule has 17 heavy (non-hydrogen) atoms. The second-order valence-corrected chi connectivity index (χ2v) is 5.42. The third kappa shape index (κ3) is 3.84. The first-order chi connectivity index (χ1) is 7.95. The van der Waals surface area contributed by atoms with E-state index in [4.69, 9.17) is 10.9 Å². The minimum atomic E-state index is -0.526. The predicted molar refractivity (Wildman–Crippen MR) is 77.2 cm³/mol. The van der Waals surface area contributed by atoms with Gasteiger partial charge in [-0.1, -0.05) is 21.1 Å². The molecule has 0 aliphatic heterocycles. The summed E-state index contributed by atoms with van der Waals surface area (Å²) in [5, 5.41) is 14.0. The average Bonchev–Trinajstić information content (AvgIpc) is 2.30. The number of carbonyl (C=O) groups excluding carboxylic acids is 1. The first-order valence-corrected chi connectivity index (χ1v) is 6.56. The van der Waals surface area contributed by atoms with Crippen LogP contribution >= 0.6 is 38.5 Å². The zero-order valence-electron chi connectivity index (χ0n) is 8.95. The number of nitrogens with one attached hydrogen (secondary N) is 1. The van der Waals surface area contributed by atoms with E-state index in [-0.39, 0.29) is 11.7 Å². The Morgan fingerprint density at radius 1 is 1.65 bits per heavy atom. The molecule has 4 N–H and O–H groups in total. The number of amides is 1. The second kappa shape index (κ2) is 6.20. The molecule has 7 heteroatoms. The fraction of sp³-hybridized carbons (Fsp3) is 0.200. The lowest BCUT2D eigenvalue weighted by atomic mass is 10.2. The quantitative estimate of drug-likeness (QED) is 0.233. The van der Waals surface area contributed by atoms with Crippen LogP contribution in [0.1, 0.15) is 17.3 Å². The van der Waals surface area contributed by atoms with Crippen molar-refractivity contribution in [3.05, 3.63) is 31.8 Å². The topological polar surface area (TPSA) is 87.7 Å². The number of halogens is 2. The van der Waals surface area contributed by atoms with Gasteiger partial charge in [0.05, 0.1) is 11.6 Å². The molecule has 0 spiro atoms. The van der Waals surface area contributed by atoms with Crippen molar-refractivity contribution < 1.29 is 10.0 Å². The Labute approximate surface area is 121 Å². The molecule has 1 aromatic carbocycles. The van der Waals surface area contributed by atoms with Crippen LogP contribution in [0.5, 0.6) is 0 Å². The Balaban J connectivity index is 2.87. The van der Waals surface area contributed by atoms with E-state index in [0.717, 1.165) is 8.04 Å². The highest BCUT2D eigenvalue weighted by molar-refractivity contribution is 14.1. The number of oxime groups is 1. The molecule has 92 valence electrons. The summed E-state index contributed by atoms with van der Waals surface area (Å²) in [5.74, 6) is -0.307. The van der Waals surface area contributed by atoms with Gasteiger partial charge in [0, 0.05) is 8.04 Å². The number of amidine groups is 1. The summed E-state index contributed by atoms with van der Waals surface area (Å²) in [6, 6.07) is 4.87. The maximum atomic E-state index is 11.9. The number of carbonyl (C=O) groups is 1. The van der Waals surface area contributed by atoms with Crippen molar-refractivity contribution in [2.75, 3.05) is 0 Å². The van der Waals surface area contributed by atoms with Gasteiger partial charge in [0.2, 0.25) is 0 Å². The molecule has 1 amide bonds. The van der Waals surface area contributed by atoms with Crippen molar-refractivity contribution in [2.24, 2.45) is 10.9 Å². The highest BCUT2D eigenvalue weighted by atomic mass is 127. The monoisotopic (exact) mass is 411 g/mol. The lowest BCUT2D eigenvalue weighted by molar-refractivity contribution is 0.0947. The van der Waals surface area contributed by atoms with Gasteiger partial charge in [0.15, 0.2) is 5.84 Å². The highest BCUT2D eigenvalue weighted by Gasteiger charge is 2.15. The number of hydrogen-bond acceptors (Lipinski definition) is 3. The Hall–Kier alpha value is -0.830. The maximum absolute atomic E-state index is 11.9. The van der Waals surface area contributed by atoms with E-state index in [0.29, 0.717) is 5.56 Å². The predicted octanol–water partition coefficient (Wildman–Crippen LogP) is 1.92. The van der Waals surface area contributed by atoms with Crippen LogP contribution in [0.25, 0.3) is 0 Å². The Bertz CT molecular complexity index is 465. The summed E-state index contributed by atoms with van der Waals surface area (Å²) in [5.41, 5.74) is 5.92. The molecule has 0 saturated heterocycles. The normalized spacial score (nSPS) is 13.2. The zero-order valence-corrected chi connectivity index (χ0v) is 12.7. The molecule has 0 radical (unpaired) electrons. The molecular formula is C10H11BrIN3O2. The van der Waals surface area contributed by atoms with Crippen LogP contribution in [0, 0.1) is 3.57 Å². The smallest absolute Gasteiger partial charge is 0.252 e. The minimum Gasteiger partial charge on any atom is -0.409 e. The Kier molecular flexibility index (Phi) is 5.19. The Morgan fingerprint density at radius 2 is 2.29 bits per heavy atom. The standard InChI is InChI=1S/C10H11BrIN3O2/c1-5(9(13)15-17)14-10(16)7-4-6(11)2-3-8(7)12/h2-5,17H,1H3,(H2,13,15)(H,14,16). The van der Waals surface area contributed by atoms with E-state index in [1.807, 2.05) is 12.1 Å². The first-order valence-electron chi connectivity index (χ1n) is 4.69. The summed E-state index contributed by atoms with van der Waals surface area (Å²) < 4.78 is 1.65. The third-order valence-corrected chi connectivity index (χ3v) is 3.51. The highest BCUT2D eigenvalue weighted by Crippen LogP contribution is 2.18. The molecule has 0 aromatic heterocycles. The molecular weight excluding hydrogens is 401 g/mol. The molecule has 0 heterocycles. The molecule has 0 saturated carbocycles. The van der Waals surface area contributed by atoms with Gasteiger partial charge in [-0.15, -0.1) is 0 Å². The summed E-state index contributed by atoms with van der Waals surface area (Å²) in [6.07, 6.45) is 0. The van der Waals surface area contributed by atoms with Gasteiger partial charge >= 0.3 is 0 Å². The number of nitrogens with zero attached hydrogens (tertiary/aromatic N) is 1. The number of nitrogens with two attached hydrogens (primary N) is 1. The van der Waals surface area contributed by atoms with Crippen LogP contribution in [0.4, 0.5) is 0 Å². The van der Waals surface area contributed by atoms with Crippen molar-refractivity contribution in [1.82, 2.24) is 5.32 Å². The maximum Gasteiger partial charge on any atom is 0.252 e. The number of hydrogen-bond donors (Lipinski definition) is 3. The van der Waals surface area contributed by atoms with Crippen molar-refractivity contribution >= 4 is 50.3 Å². The van der Waals surface area contributed by atoms with E-state index in [2.05, 4.69) is 49.0 Å². The van der Waals surface area contributed by atoms with Crippen LogP contribution in [0.15, 0.2) is 27.8 Å². The second-order valence-electron chi connectivity index (χ2n) is 3.34. The fourth-order valence-electron chi connectivity index (χ4n) is 1.11.